The number of amides is 2. The zero-order valence-corrected chi connectivity index (χ0v) is 16.8. The van der Waals surface area contributed by atoms with Crippen molar-refractivity contribution in [2.24, 2.45) is 0 Å². The van der Waals surface area contributed by atoms with E-state index in [0.29, 0.717) is 48.2 Å². The van der Waals surface area contributed by atoms with Crippen LogP contribution < -0.4 is 10.1 Å². The van der Waals surface area contributed by atoms with Crippen molar-refractivity contribution < 1.29 is 19.1 Å². The van der Waals surface area contributed by atoms with Crippen LogP contribution in [0.4, 0.5) is 5.00 Å². The Hall–Kier alpha value is -2.38. The predicted octanol–water partition coefficient (Wildman–Crippen LogP) is 3.36. The van der Waals surface area contributed by atoms with E-state index in [1.807, 2.05) is 4.90 Å². The molecule has 2 aromatic rings. The maximum absolute atomic E-state index is 13.3. The molecule has 4 rings (SSSR count). The first-order chi connectivity index (χ1) is 13.7. The molecule has 2 amide bonds. The first-order valence-electron chi connectivity index (χ1n) is 9.64. The molecule has 0 radical (unpaired) electrons. The number of morpholine rings is 1. The summed E-state index contributed by atoms with van der Waals surface area (Å²) in [5.41, 5.74) is 2.31. The molecule has 1 aliphatic heterocycles. The van der Waals surface area contributed by atoms with Crippen LogP contribution in [-0.4, -0.2) is 50.1 Å². The van der Waals surface area contributed by atoms with Crippen molar-refractivity contribution >= 4 is 28.2 Å². The molecule has 1 aliphatic carbocycles. The van der Waals surface area contributed by atoms with Crippen LogP contribution in [0.2, 0.25) is 0 Å². The van der Waals surface area contributed by atoms with Crippen molar-refractivity contribution in [3.8, 4) is 5.75 Å². The van der Waals surface area contributed by atoms with Crippen molar-refractivity contribution in [2.75, 3.05) is 38.7 Å². The van der Waals surface area contributed by atoms with E-state index in [1.165, 1.54) is 4.88 Å². The van der Waals surface area contributed by atoms with Crippen LogP contribution in [0.25, 0.3) is 0 Å². The third kappa shape index (κ3) is 3.77. The highest BCUT2D eigenvalue weighted by molar-refractivity contribution is 7.17. The van der Waals surface area contributed by atoms with Crippen LogP contribution in [0, 0.1) is 0 Å². The molecule has 0 saturated carbocycles. The van der Waals surface area contributed by atoms with Crippen molar-refractivity contribution in [3.05, 3.63) is 45.8 Å². The summed E-state index contributed by atoms with van der Waals surface area (Å²) >= 11 is 1.55. The average Bonchev–Trinajstić information content (AvgIpc) is 3.11. The number of hydrogen-bond acceptors (Lipinski definition) is 5. The fourth-order valence-corrected chi connectivity index (χ4v) is 5.02. The van der Waals surface area contributed by atoms with Gasteiger partial charge in [0.05, 0.1) is 25.9 Å². The van der Waals surface area contributed by atoms with Gasteiger partial charge in [-0.05, 0) is 49.4 Å². The molecule has 28 heavy (non-hydrogen) atoms. The van der Waals surface area contributed by atoms with Gasteiger partial charge in [-0.3, -0.25) is 9.59 Å². The van der Waals surface area contributed by atoms with Crippen molar-refractivity contribution in [1.82, 2.24) is 4.90 Å². The fourth-order valence-electron chi connectivity index (χ4n) is 3.74. The average molecular weight is 401 g/mol. The van der Waals surface area contributed by atoms with Crippen LogP contribution in [0.3, 0.4) is 0 Å². The van der Waals surface area contributed by atoms with E-state index >= 15 is 0 Å². The van der Waals surface area contributed by atoms with E-state index in [0.717, 1.165) is 31.2 Å². The molecule has 1 saturated heterocycles. The number of benzene rings is 1. The molecule has 148 valence electrons. The summed E-state index contributed by atoms with van der Waals surface area (Å²) in [4.78, 5) is 29.2. The normalized spacial score (nSPS) is 16.4. The van der Waals surface area contributed by atoms with Gasteiger partial charge in [0, 0.05) is 23.5 Å². The lowest BCUT2D eigenvalue weighted by Gasteiger charge is -2.27. The summed E-state index contributed by atoms with van der Waals surface area (Å²) in [6.45, 7) is 2.30. The molecule has 1 aromatic heterocycles. The van der Waals surface area contributed by atoms with Crippen LogP contribution in [0.5, 0.6) is 5.75 Å². The second kappa shape index (κ2) is 8.32. The Balaban J connectivity index is 1.65. The number of nitrogens with one attached hydrogen (secondary N) is 1. The monoisotopic (exact) mass is 400 g/mol. The number of ether oxygens (including phenoxy) is 2. The van der Waals surface area contributed by atoms with Gasteiger partial charge in [0.15, 0.2) is 0 Å². The molecule has 1 fully saturated rings. The summed E-state index contributed by atoms with van der Waals surface area (Å²) in [5, 5.41) is 3.66. The largest absolute Gasteiger partial charge is 0.497 e. The van der Waals surface area contributed by atoms with E-state index in [2.05, 4.69) is 5.32 Å². The Morgan fingerprint density at radius 3 is 2.75 bits per heavy atom. The standard InChI is InChI=1S/C21H24N2O4S/c1-26-15-6-4-5-14(13-15)19(24)22-20-18(16-7-2-3-8-17(16)28-20)21(25)23-9-11-27-12-10-23/h4-6,13H,2-3,7-12H2,1H3,(H,22,24). The molecule has 0 atom stereocenters. The van der Waals surface area contributed by atoms with Gasteiger partial charge in [-0.2, -0.15) is 0 Å². The van der Waals surface area contributed by atoms with Crippen molar-refractivity contribution in [3.63, 3.8) is 0 Å². The van der Waals surface area contributed by atoms with E-state index in [-0.39, 0.29) is 11.8 Å². The fraction of sp³-hybridized carbons (Fsp3) is 0.429. The highest BCUT2D eigenvalue weighted by Crippen LogP contribution is 2.39. The number of hydrogen-bond donors (Lipinski definition) is 1. The molecule has 2 heterocycles. The number of aryl methyl sites for hydroxylation is 1. The molecule has 0 unspecified atom stereocenters. The maximum atomic E-state index is 13.3. The van der Waals surface area contributed by atoms with E-state index in [4.69, 9.17) is 9.47 Å². The molecular weight excluding hydrogens is 376 g/mol. The van der Waals surface area contributed by atoms with Gasteiger partial charge in [0.25, 0.3) is 11.8 Å². The van der Waals surface area contributed by atoms with E-state index < -0.39 is 0 Å². The number of fused-ring (bicyclic) bond motifs is 1. The molecule has 2 aliphatic rings. The Bertz CT molecular complexity index is 887. The van der Waals surface area contributed by atoms with Gasteiger partial charge >= 0.3 is 0 Å². The zero-order valence-electron chi connectivity index (χ0n) is 16.0. The van der Waals surface area contributed by atoms with Gasteiger partial charge in [0.1, 0.15) is 10.8 Å². The molecule has 0 bridgehead atoms. The second-order valence-electron chi connectivity index (χ2n) is 7.01. The third-order valence-corrected chi connectivity index (χ3v) is 6.45. The Morgan fingerprint density at radius 1 is 1.18 bits per heavy atom. The van der Waals surface area contributed by atoms with Crippen molar-refractivity contribution in [1.29, 1.82) is 0 Å². The Kier molecular flexibility index (Phi) is 5.64. The minimum atomic E-state index is -0.228. The molecule has 1 N–H and O–H groups in total. The van der Waals surface area contributed by atoms with Gasteiger partial charge in [-0.15, -0.1) is 11.3 Å². The number of carbonyl (C=O) groups is 2. The third-order valence-electron chi connectivity index (χ3n) is 5.24. The summed E-state index contributed by atoms with van der Waals surface area (Å²) in [5.74, 6) is 0.403. The summed E-state index contributed by atoms with van der Waals surface area (Å²) in [6.07, 6.45) is 4.07. The van der Waals surface area contributed by atoms with Crippen LogP contribution in [0.15, 0.2) is 24.3 Å². The first-order valence-corrected chi connectivity index (χ1v) is 10.5. The number of rotatable bonds is 4. The topological polar surface area (TPSA) is 67.9 Å². The Morgan fingerprint density at radius 2 is 1.96 bits per heavy atom. The Labute approximate surface area is 168 Å². The first kappa shape index (κ1) is 19.0. The summed E-state index contributed by atoms with van der Waals surface area (Å²) < 4.78 is 10.6. The molecule has 6 nitrogen and oxygen atoms in total. The predicted molar refractivity (Wildman–Crippen MR) is 109 cm³/mol. The van der Waals surface area contributed by atoms with Crippen LogP contribution in [-0.2, 0) is 17.6 Å². The minimum Gasteiger partial charge on any atom is -0.497 e. The maximum Gasteiger partial charge on any atom is 0.257 e. The number of methoxy groups -OCH3 is 1. The second-order valence-corrected chi connectivity index (χ2v) is 8.11. The smallest absolute Gasteiger partial charge is 0.257 e. The lowest BCUT2D eigenvalue weighted by molar-refractivity contribution is 0.0303. The minimum absolute atomic E-state index is 0.00337. The van der Waals surface area contributed by atoms with Gasteiger partial charge in [0.2, 0.25) is 0 Å². The number of thiophene rings is 1. The highest BCUT2D eigenvalue weighted by atomic mass is 32.1. The molecule has 0 spiro atoms. The number of anilines is 1. The number of nitrogens with zero attached hydrogens (tertiary/aromatic N) is 1. The lowest BCUT2D eigenvalue weighted by atomic mass is 9.95. The highest BCUT2D eigenvalue weighted by Gasteiger charge is 2.30. The van der Waals surface area contributed by atoms with Crippen LogP contribution in [0.1, 0.15) is 44.0 Å². The molecular formula is C21H24N2O4S. The van der Waals surface area contributed by atoms with Crippen LogP contribution >= 0.6 is 11.3 Å². The summed E-state index contributed by atoms with van der Waals surface area (Å²) in [6, 6.07) is 7.03. The zero-order chi connectivity index (χ0) is 19.5. The lowest BCUT2D eigenvalue weighted by Crippen LogP contribution is -2.41. The number of carbonyl (C=O) groups excluding carboxylic acids is 2. The van der Waals surface area contributed by atoms with Gasteiger partial charge < -0.3 is 19.7 Å². The van der Waals surface area contributed by atoms with E-state index in [9.17, 15) is 9.59 Å². The SMILES string of the molecule is COc1cccc(C(=O)Nc2sc3c(c2C(=O)N2CCOCC2)CCCC3)c1. The van der Waals surface area contributed by atoms with Crippen molar-refractivity contribution in [2.45, 2.75) is 25.7 Å². The summed E-state index contributed by atoms with van der Waals surface area (Å²) in [7, 11) is 1.57. The quantitative estimate of drug-likeness (QED) is 0.855. The molecule has 1 aromatic carbocycles. The van der Waals surface area contributed by atoms with Gasteiger partial charge in [-0.25, -0.2) is 0 Å². The molecule has 7 heteroatoms. The van der Waals surface area contributed by atoms with E-state index in [1.54, 1.807) is 42.7 Å². The van der Waals surface area contributed by atoms with Gasteiger partial charge in [-0.1, -0.05) is 6.07 Å².